The zero-order valence-corrected chi connectivity index (χ0v) is 18.3. The van der Waals surface area contributed by atoms with Crippen LogP contribution in [0.25, 0.3) is 11.3 Å². The van der Waals surface area contributed by atoms with Gasteiger partial charge < -0.3 is 14.7 Å². The lowest BCUT2D eigenvalue weighted by atomic mass is 9.90. The highest BCUT2D eigenvalue weighted by Gasteiger charge is 2.32. The van der Waals surface area contributed by atoms with Crippen LogP contribution in [0, 0.1) is 19.9 Å². The highest BCUT2D eigenvalue weighted by Crippen LogP contribution is 2.32. The fourth-order valence-corrected chi connectivity index (χ4v) is 3.92. The molecule has 2 aromatic carbocycles. The molecule has 7 heteroatoms. The van der Waals surface area contributed by atoms with Gasteiger partial charge in [-0.15, -0.1) is 5.10 Å². The highest BCUT2D eigenvalue weighted by atomic mass is 16.5. The summed E-state index contributed by atoms with van der Waals surface area (Å²) < 4.78 is 5.64. The summed E-state index contributed by atoms with van der Waals surface area (Å²) in [5, 5.41) is 23.4. The van der Waals surface area contributed by atoms with E-state index in [0.29, 0.717) is 43.5 Å². The van der Waals surface area contributed by atoms with E-state index in [9.17, 15) is 4.79 Å². The predicted molar refractivity (Wildman–Crippen MR) is 120 cm³/mol. The zero-order valence-electron chi connectivity index (χ0n) is 18.3. The highest BCUT2D eigenvalue weighted by molar-refractivity contribution is 5.96. The van der Waals surface area contributed by atoms with E-state index in [0.717, 1.165) is 27.9 Å². The Bertz CT molecular complexity index is 1150. The van der Waals surface area contributed by atoms with Gasteiger partial charge in [-0.1, -0.05) is 23.5 Å². The first-order valence-electron chi connectivity index (χ1n) is 10.7. The van der Waals surface area contributed by atoms with Crippen molar-refractivity contribution < 1.29 is 19.9 Å². The quantitative estimate of drug-likeness (QED) is 0.497. The SMILES string of the molecule is Cc1ccc(C(=O)N2CC(c3ccc(C#[NH+])cc3)C2)cc1-c1[nH]nc(OCCCO)c1C. The number of carbonyl (C=O) groups is 1. The van der Waals surface area contributed by atoms with Crippen molar-refractivity contribution in [2.45, 2.75) is 26.2 Å². The molecule has 1 fully saturated rings. The number of aromatic nitrogens is 2. The Hall–Kier alpha value is -3.63. The summed E-state index contributed by atoms with van der Waals surface area (Å²) in [6.45, 7) is 5.78. The minimum absolute atomic E-state index is 0.0172. The molecule has 32 heavy (non-hydrogen) atoms. The summed E-state index contributed by atoms with van der Waals surface area (Å²) in [6.07, 6.45) is 0.548. The molecule has 3 aromatic rings. The number of amides is 1. The maximum Gasteiger partial charge on any atom is 0.308 e. The van der Waals surface area contributed by atoms with Gasteiger partial charge in [-0.2, -0.15) is 0 Å². The predicted octanol–water partition coefficient (Wildman–Crippen LogP) is 1.82. The third-order valence-corrected chi connectivity index (χ3v) is 5.96. The molecule has 2 heterocycles. The molecule has 1 aromatic heterocycles. The summed E-state index contributed by atoms with van der Waals surface area (Å²) in [6, 6.07) is 15.9. The lowest BCUT2D eigenvalue weighted by Gasteiger charge is -2.39. The second kappa shape index (κ2) is 9.25. The molecule has 0 atom stereocenters. The molecule has 0 bridgehead atoms. The van der Waals surface area contributed by atoms with Crippen molar-refractivity contribution in [3.8, 4) is 23.2 Å². The van der Waals surface area contributed by atoms with Crippen LogP contribution in [0.3, 0.4) is 0 Å². The Balaban J connectivity index is 1.47. The second-order valence-corrected chi connectivity index (χ2v) is 8.14. The number of carbonyl (C=O) groups excluding carboxylic acids is 1. The number of nitrogens with zero attached hydrogens (tertiary/aromatic N) is 2. The van der Waals surface area contributed by atoms with E-state index in [2.05, 4.69) is 16.3 Å². The molecular formula is C25H27N4O3+. The van der Waals surface area contributed by atoms with Gasteiger partial charge in [0.05, 0.1) is 12.3 Å². The van der Waals surface area contributed by atoms with E-state index in [1.54, 1.807) is 0 Å². The molecule has 0 aliphatic carbocycles. The molecule has 1 aliphatic heterocycles. The minimum atomic E-state index is 0.0172. The summed E-state index contributed by atoms with van der Waals surface area (Å²) in [4.78, 5) is 14.9. The fourth-order valence-electron chi connectivity index (χ4n) is 3.92. The van der Waals surface area contributed by atoms with Crippen LogP contribution in [0.2, 0.25) is 0 Å². The topological polar surface area (TPSA) is 102 Å². The van der Waals surface area contributed by atoms with Crippen molar-refractivity contribution >= 4 is 5.91 Å². The van der Waals surface area contributed by atoms with Crippen molar-refractivity contribution in [3.05, 3.63) is 70.3 Å². The molecule has 0 radical (unpaired) electrons. The van der Waals surface area contributed by atoms with Crippen molar-refractivity contribution in [1.82, 2.24) is 15.1 Å². The van der Waals surface area contributed by atoms with Crippen LogP contribution in [-0.2, 0) is 0 Å². The number of aromatic amines is 1. The van der Waals surface area contributed by atoms with E-state index in [1.807, 2.05) is 61.2 Å². The van der Waals surface area contributed by atoms with Gasteiger partial charge in [-0.3, -0.25) is 9.89 Å². The average Bonchev–Trinajstić information content (AvgIpc) is 3.14. The molecule has 3 N–H and O–H groups in total. The number of ether oxygens (including phenoxy) is 1. The number of aryl methyl sites for hydroxylation is 1. The van der Waals surface area contributed by atoms with E-state index < -0.39 is 0 Å². The van der Waals surface area contributed by atoms with Crippen LogP contribution in [0.15, 0.2) is 42.5 Å². The molecular weight excluding hydrogens is 404 g/mol. The van der Waals surface area contributed by atoms with Gasteiger partial charge in [0.15, 0.2) is 0 Å². The average molecular weight is 432 g/mol. The first-order valence-corrected chi connectivity index (χ1v) is 10.7. The standard InChI is InChI=1S/C25H26N4O3/c1-16-4-7-20(12-22(16)23-17(2)24(28-27-23)32-11-3-10-30)25(31)29-14-21(15-29)19-8-5-18(13-26)6-9-19/h4-9,12,21,30H,3,10-11,14-15H2,1-2H3,(H,27,28)/p+1. The normalized spacial score (nSPS) is 13.5. The smallest absolute Gasteiger partial charge is 0.308 e. The molecule has 164 valence electrons. The number of hydrogen-bond acceptors (Lipinski definition) is 4. The third kappa shape index (κ3) is 4.23. The number of aliphatic hydroxyl groups excluding tert-OH is 1. The first-order chi connectivity index (χ1) is 15.5. The largest absolute Gasteiger partial charge is 0.476 e. The fraction of sp³-hybridized carbons (Fsp3) is 0.320. The van der Waals surface area contributed by atoms with Crippen LogP contribution in [-0.4, -0.2) is 52.4 Å². The molecule has 0 saturated carbocycles. The first kappa shape index (κ1) is 21.6. The number of hydrogen-bond donors (Lipinski definition) is 3. The Morgan fingerprint density at radius 1 is 1.25 bits per heavy atom. The van der Waals surface area contributed by atoms with Crippen LogP contribution >= 0.6 is 0 Å². The van der Waals surface area contributed by atoms with E-state index >= 15 is 0 Å². The van der Waals surface area contributed by atoms with Crippen LogP contribution < -0.4 is 10.00 Å². The van der Waals surface area contributed by atoms with Crippen molar-refractivity contribution in [1.29, 1.82) is 0 Å². The van der Waals surface area contributed by atoms with Crippen molar-refractivity contribution in [2.75, 3.05) is 26.3 Å². The molecule has 4 rings (SSSR count). The summed E-state index contributed by atoms with van der Waals surface area (Å²) >= 11 is 0. The molecule has 1 amide bonds. The molecule has 7 nitrogen and oxygen atoms in total. The lowest BCUT2D eigenvalue weighted by molar-refractivity contribution is -0.0909. The monoisotopic (exact) mass is 431 g/mol. The van der Waals surface area contributed by atoms with Crippen LogP contribution in [0.4, 0.5) is 0 Å². The Labute approximate surface area is 187 Å². The Morgan fingerprint density at radius 2 is 2.00 bits per heavy atom. The summed E-state index contributed by atoms with van der Waals surface area (Å²) in [5.41, 5.74) is 6.26. The molecule has 0 unspecified atom stereocenters. The maximum atomic E-state index is 13.1. The number of likely N-dealkylation sites (tertiary alicyclic amines) is 1. The van der Waals surface area contributed by atoms with Crippen molar-refractivity contribution in [2.24, 2.45) is 0 Å². The Morgan fingerprint density at radius 3 is 2.69 bits per heavy atom. The van der Waals surface area contributed by atoms with Gasteiger partial charge in [0.2, 0.25) is 5.88 Å². The number of benzene rings is 2. The summed E-state index contributed by atoms with van der Waals surface area (Å²) in [5.74, 6) is 0.850. The minimum Gasteiger partial charge on any atom is -0.476 e. The van der Waals surface area contributed by atoms with Gasteiger partial charge in [0.25, 0.3) is 5.91 Å². The zero-order chi connectivity index (χ0) is 22.7. The number of nitrogens with one attached hydrogen (secondary N) is 2. The van der Waals surface area contributed by atoms with Crippen LogP contribution in [0.5, 0.6) is 5.88 Å². The van der Waals surface area contributed by atoms with Gasteiger partial charge in [-0.25, -0.2) is 0 Å². The molecule has 1 saturated heterocycles. The number of H-pyrrole nitrogens is 1. The van der Waals surface area contributed by atoms with E-state index in [4.69, 9.17) is 15.1 Å². The second-order valence-electron chi connectivity index (χ2n) is 8.14. The maximum absolute atomic E-state index is 13.1. The summed E-state index contributed by atoms with van der Waals surface area (Å²) in [7, 11) is 0. The van der Waals surface area contributed by atoms with E-state index in [-0.39, 0.29) is 12.5 Å². The molecule has 1 aliphatic rings. The number of aliphatic hydroxyl groups is 1. The van der Waals surface area contributed by atoms with Gasteiger partial charge >= 0.3 is 6.07 Å². The van der Waals surface area contributed by atoms with E-state index in [1.165, 1.54) is 5.56 Å². The lowest BCUT2D eigenvalue weighted by Crippen LogP contribution is -2.48. The van der Waals surface area contributed by atoms with Gasteiger partial charge in [0, 0.05) is 48.7 Å². The Kier molecular flexibility index (Phi) is 6.24. The molecule has 0 spiro atoms. The van der Waals surface area contributed by atoms with Crippen molar-refractivity contribution in [3.63, 3.8) is 0 Å². The number of rotatable bonds is 7. The third-order valence-electron chi connectivity index (χ3n) is 5.96. The van der Waals surface area contributed by atoms with Gasteiger partial charge in [0.1, 0.15) is 5.56 Å². The van der Waals surface area contributed by atoms with Gasteiger partial charge in [-0.05, 0) is 49.2 Å². The van der Waals surface area contributed by atoms with Crippen LogP contribution in [0.1, 0.15) is 45.0 Å².